The normalized spacial score (nSPS) is 28.6. The molecule has 0 bridgehead atoms. The van der Waals surface area contributed by atoms with E-state index in [1.165, 1.54) is 25.7 Å². The summed E-state index contributed by atoms with van der Waals surface area (Å²) in [5, 5.41) is 7.69. The predicted octanol–water partition coefficient (Wildman–Crippen LogP) is 2.09. The molecular weight excluding hydrogens is 240 g/mol. The van der Waals surface area contributed by atoms with Crippen LogP contribution >= 0.6 is 0 Å². The zero-order valence-corrected chi connectivity index (χ0v) is 11.8. The van der Waals surface area contributed by atoms with Crippen LogP contribution in [0.4, 0.5) is 5.95 Å². The number of hydrogen-bond acceptors (Lipinski definition) is 5. The fourth-order valence-electron chi connectivity index (χ4n) is 3.26. The van der Waals surface area contributed by atoms with Crippen LogP contribution in [0.2, 0.25) is 0 Å². The third-order valence-corrected chi connectivity index (χ3v) is 4.66. The van der Waals surface area contributed by atoms with E-state index in [-0.39, 0.29) is 5.41 Å². The molecule has 2 fully saturated rings. The molecule has 1 atom stereocenters. The van der Waals surface area contributed by atoms with Crippen LogP contribution < -0.4 is 10.2 Å². The van der Waals surface area contributed by atoms with Crippen LogP contribution in [0.15, 0.2) is 4.52 Å². The molecule has 1 aromatic heterocycles. The number of piperidine rings is 2. The second kappa shape index (κ2) is 5.49. The zero-order valence-electron chi connectivity index (χ0n) is 11.8. The molecule has 2 aliphatic rings. The molecule has 1 N–H and O–H groups in total. The van der Waals surface area contributed by atoms with E-state index in [1.807, 2.05) is 0 Å². The Kier molecular flexibility index (Phi) is 3.73. The SMILES string of the molecule is CCC1(c2nc(N3CCCCC3)no2)CCCNC1. The van der Waals surface area contributed by atoms with Gasteiger partial charge in [0.25, 0.3) is 5.95 Å². The van der Waals surface area contributed by atoms with E-state index < -0.39 is 0 Å². The van der Waals surface area contributed by atoms with E-state index in [0.717, 1.165) is 50.9 Å². The molecule has 2 saturated heterocycles. The van der Waals surface area contributed by atoms with Crippen molar-refractivity contribution in [1.29, 1.82) is 0 Å². The van der Waals surface area contributed by atoms with E-state index >= 15 is 0 Å². The minimum absolute atomic E-state index is 0.0548. The minimum Gasteiger partial charge on any atom is -0.338 e. The maximum atomic E-state index is 5.61. The van der Waals surface area contributed by atoms with Crippen LogP contribution in [0, 0.1) is 0 Å². The number of nitrogens with one attached hydrogen (secondary N) is 1. The molecule has 1 unspecified atom stereocenters. The highest BCUT2D eigenvalue weighted by molar-refractivity contribution is 5.29. The second-order valence-electron chi connectivity index (χ2n) is 5.86. The highest BCUT2D eigenvalue weighted by atomic mass is 16.5. The van der Waals surface area contributed by atoms with Gasteiger partial charge in [0, 0.05) is 19.6 Å². The van der Waals surface area contributed by atoms with Gasteiger partial charge < -0.3 is 14.7 Å². The van der Waals surface area contributed by atoms with E-state index in [2.05, 4.69) is 22.3 Å². The van der Waals surface area contributed by atoms with Crippen molar-refractivity contribution in [3.05, 3.63) is 5.89 Å². The Morgan fingerprint density at radius 3 is 2.79 bits per heavy atom. The molecule has 0 amide bonds. The Morgan fingerprint density at radius 2 is 2.11 bits per heavy atom. The van der Waals surface area contributed by atoms with E-state index in [1.54, 1.807) is 0 Å². The van der Waals surface area contributed by atoms with Crippen molar-refractivity contribution in [2.75, 3.05) is 31.1 Å². The Bertz CT molecular complexity index is 405. The second-order valence-corrected chi connectivity index (χ2v) is 5.86. The van der Waals surface area contributed by atoms with Crippen LogP contribution in [-0.4, -0.2) is 36.3 Å². The Hall–Kier alpha value is -1.10. The molecule has 0 radical (unpaired) electrons. The van der Waals surface area contributed by atoms with Gasteiger partial charge in [-0.15, -0.1) is 0 Å². The summed E-state index contributed by atoms with van der Waals surface area (Å²) < 4.78 is 5.61. The van der Waals surface area contributed by atoms with Crippen LogP contribution in [0.25, 0.3) is 0 Å². The van der Waals surface area contributed by atoms with Gasteiger partial charge in [0.1, 0.15) is 0 Å². The first kappa shape index (κ1) is 12.9. The van der Waals surface area contributed by atoms with Gasteiger partial charge in [-0.25, -0.2) is 0 Å². The van der Waals surface area contributed by atoms with Gasteiger partial charge in [-0.3, -0.25) is 0 Å². The van der Waals surface area contributed by atoms with Crippen molar-refractivity contribution in [1.82, 2.24) is 15.5 Å². The quantitative estimate of drug-likeness (QED) is 0.906. The molecule has 3 rings (SSSR count). The molecular formula is C14H24N4O. The lowest BCUT2D eigenvalue weighted by molar-refractivity contribution is 0.221. The largest absolute Gasteiger partial charge is 0.338 e. The number of hydrogen-bond donors (Lipinski definition) is 1. The topological polar surface area (TPSA) is 54.2 Å². The van der Waals surface area contributed by atoms with Gasteiger partial charge in [-0.2, -0.15) is 4.98 Å². The summed E-state index contributed by atoms with van der Waals surface area (Å²) in [6.45, 7) is 6.42. The first-order chi connectivity index (χ1) is 9.34. The molecule has 5 heteroatoms. The number of aromatic nitrogens is 2. The molecule has 19 heavy (non-hydrogen) atoms. The fraction of sp³-hybridized carbons (Fsp3) is 0.857. The van der Waals surface area contributed by atoms with Gasteiger partial charge in [0.05, 0.1) is 5.41 Å². The molecule has 0 saturated carbocycles. The van der Waals surface area contributed by atoms with Crippen molar-refractivity contribution in [3.8, 4) is 0 Å². The lowest BCUT2D eigenvalue weighted by Crippen LogP contribution is -2.43. The Morgan fingerprint density at radius 1 is 1.26 bits per heavy atom. The van der Waals surface area contributed by atoms with Crippen molar-refractivity contribution < 1.29 is 4.52 Å². The van der Waals surface area contributed by atoms with Crippen LogP contribution in [0.3, 0.4) is 0 Å². The van der Waals surface area contributed by atoms with Crippen LogP contribution in [-0.2, 0) is 5.41 Å². The van der Waals surface area contributed by atoms with Crippen molar-refractivity contribution >= 4 is 5.95 Å². The number of rotatable bonds is 3. The molecule has 3 heterocycles. The summed E-state index contributed by atoms with van der Waals surface area (Å²) in [4.78, 5) is 6.97. The van der Waals surface area contributed by atoms with Gasteiger partial charge in [-0.05, 0) is 50.2 Å². The summed E-state index contributed by atoms with van der Waals surface area (Å²) in [5.41, 5.74) is 0.0548. The van der Waals surface area contributed by atoms with Gasteiger partial charge in [-0.1, -0.05) is 6.92 Å². The van der Waals surface area contributed by atoms with E-state index in [4.69, 9.17) is 9.51 Å². The van der Waals surface area contributed by atoms with Crippen LogP contribution in [0.1, 0.15) is 51.3 Å². The van der Waals surface area contributed by atoms with Crippen LogP contribution in [0.5, 0.6) is 0 Å². The summed E-state index contributed by atoms with van der Waals surface area (Å²) in [7, 11) is 0. The lowest BCUT2D eigenvalue weighted by atomic mass is 9.78. The lowest BCUT2D eigenvalue weighted by Gasteiger charge is -2.33. The molecule has 0 spiro atoms. The molecule has 0 aliphatic carbocycles. The highest BCUT2D eigenvalue weighted by Crippen LogP contribution is 2.34. The zero-order chi connectivity index (χ0) is 13.1. The number of anilines is 1. The Balaban J connectivity index is 1.79. The molecule has 0 aromatic carbocycles. The predicted molar refractivity (Wildman–Crippen MR) is 74.4 cm³/mol. The maximum absolute atomic E-state index is 5.61. The molecule has 1 aromatic rings. The first-order valence-electron chi connectivity index (χ1n) is 7.64. The molecule has 106 valence electrons. The summed E-state index contributed by atoms with van der Waals surface area (Å²) in [5.74, 6) is 1.64. The smallest absolute Gasteiger partial charge is 0.266 e. The third-order valence-electron chi connectivity index (χ3n) is 4.66. The minimum atomic E-state index is 0.0548. The van der Waals surface area contributed by atoms with Gasteiger partial charge in [0.15, 0.2) is 0 Å². The molecule has 5 nitrogen and oxygen atoms in total. The number of nitrogens with zero attached hydrogens (tertiary/aromatic N) is 3. The first-order valence-corrected chi connectivity index (χ1v) is 7.64. The molecule has 2 aliphatic heterocycles. The highest BCUT2D eigenvalue weighted by Gasteiger charge is 2.38. The van der Waals surface area contributed by atoms with Crippen molar-refractivity contribution in [2.24, 2.45) is 0 Å². The maximum Gasteiger partial charge on any atom is 0.266 e. The third kappa shape index (κ3) is 2.48. The summed E-state index contributed by atoms with van der Waals surface area (Å²) in [6, 6.07) is 0. The average molecular weight is 264 g/mol. The van der Waals surface area contributed by atoms with E-state index in [9.17, 15) is 0 Å². The Labute approximate surface area is 114 Å². The summed E-state index contributed by atoms with van der Waals surface area (Å²) >= 11 is 0. The van der Waals surface area contributed by atoms with Gasteiger partial charge >= 0.3 is 0 Å². The van der Waals surface area contributed by atoms with E-state index in [0.29, 0.717) is 0 Å². The van der Waals surface area contributed by atoms with Gasteiger partial charge in [0.2, 0.25) is 5.89 Å². The summed E-state index contributed by atoms with van der Waals surface area (Å²) in [6.07, 6.45) is 7.20. The average Bonchev–Trinajstić information content (AvgIpc) is 2.99. The fourth-order valence-corrected chi connectivity index (χ4v) is 3.26. The standard InChI is InChI=1S/C14H24N4O/c1-2-14(7-6-8-15-11-14)12-16-13(17-19-12)18-9-4-3-5-10-18/h15H,2-11H2,1H3. The van der Waals surface area contributed by atoms with Crippen molar-refractivity contribution in [2.45, 2.75) is 50.9 Å². The monoisotopic (exact) mass is 264 g/mol. The van der Waals surface area contributed by atoms with Crippen molar-refractivity contribution in [3.63, 3.8) is 0 Å².